The molecule has 2 heterocycles. The van der Waals surface area contributed by atoms with Crippen molar-refractivity contribution >= 4 is 5.97 Å². The molecular formula is C25H36N2O9. The van der Waals surface area contributed by atoms with E-state index in [9.17, 15) is 25.2 Å². The Morgan fingerprint density at radius 2 is 1.89 bits per heavy atom. The molecule has 0 radical (unpaired) electrons. The van der Waals surface area contributed by atoms with Gasteiger partial charge in [0.2, 0.25) is 17.8 Å². The number of aliphatic hydroxyl groups is 4. The van der Waals surface area contributed by atoms with Gasteiger partial charge in [-0.15, -0.1) is 5.10 Å². The first-order valence-corrected chi connectivity index (χ1v) is 12.0. The Labute approximate surface area is 210 Å². The van der Waals surface area contributed by atoms with E-state index in [2.05, 4.69) is 5.10 Å². The minimum absolute atomic E-state index is 0.0106. The van der Waals surface area contributed by atoms with Crippen LogP contribution in [0.5, 0.6) is 11.6 Å². The van der Waals surface area contributed by atoms with Crippen molar-refractivity contribution in [3.63, 3.8) is 0 Å². The predicted octanol–water partition coefficient (Wildman–Crippen LogP) is 0.874. The molecule has 0 aliphatic carbocycles. The van der Waals surface area contributed by atoms with Crippen molar-refractivity contribution in [3.8, 4) is 11.6 Å². The molecule has 0 saturated carbocycles. The van der Waals surface area contributed by atoms with E-state index in [0.717, 1.165) is 22.6 Å². The molecule has 1 aliphatic heterocycles. The number of hydrogen-bond donors (Lipinski definition) is 4. The van der Waals surface area contributed by atoms with Gasteiger partial charge < -0.3 is 39.4 Å². The molecule has 1 aliphatic rings. The zero-order valence-electron chi connectivity index (χ0n) is 21.2. The lowest BCUT2D eigenvalue weighted by molar-refractivity contribution is -0.272. The maximum absolute atomic E-state index is 12.1. The van der Waals surface area contributed by atoms with Crippen molar-refractivity contribution in [2.75, 3.05) is 19.8 Å². The smallest absolute Gasteiger partial charge is 0.343 e. The van der Waals surface area contributed by atoms with Crippen LogP contribution < -0.4 is 9.47 Å². The number of rotatable bonds is 10. The van der Waals surface area contributed by atoms with Gasteiger partial charge in [0.25, 0.3) is 0 Å². The first-order valence-electron chi connectivity index (χ1n) is 12.0. The third kappa shape index (κ3) is 5.65. The molecule has 1 aromatic carbocycles. The minimum Gasteiger partial charge on any atom is -0.494 e. The van der Waals surface area contributed by atoms with Gasteiger partial charge in [0.05, 0.1) is 19.8 Å². The van der Waals surface area contributed by atoms with Crippen LogP contribution in [0.3, 0.4) is 0 Å². The fourth-order valence-electron chi connectivity index (χ4n) is 4.14. The molecule has 1 unspecified atom stereocenters. The lowest BCUT2D eigenvalue weighted by Gasteiger charge is -2.42. The Hall–Kier alpha value is -2.70. The molecule has 3 rings (SSSR count). The monoisotopic (exact) mass is 508 g/mol. The molecule has 2 aromatic rings. The van der Waals surface area contributed by atoms with Gasteiger partial charge in [0.1, 0.15) is 24.1 Å². The quantitative estimate of drug-likeness (QED) is 0.269. The van der Waals surface area contributed by atoms with Gasteiger partial charge in [-0.1, -0.05) is 12.1 Å². The normalized spacial score (nSPS) is 25.0. The highest BCUT2D eigenvalue weighted by molar-refractivity contribution is 5.80. The minimum atomic E-state index is -2.47. The molecule has 36 heavy (non-hydrogen) atoms. The maximum atomic E-state index is 12.1. The zero-order valence-corrected chi connectivity index (χ0v) is 21.2. The summed E-state index contributed by atoms with van der Waals surface area (Å²) in [7, 11) is 0. The average Bonchev–Trinajstić information content (AvgIpc) is 3.14. The van der Waals surface area contributed by atoms with Crippen LogP contribution >= 0.6 is 0 Å². The molecule has 5 atom stereocenters. The predicted molar refractivity (Wildman–Crippen MR) is 128 cm³/mol. The molecular weight excluding hydrogens is 472 g/mol. The number of benzene rings is 1. The van der Waals surface area contributed by atoms with Crippen LogP contribution in [0, 0.1) is 6.92 Å². The summed E-state index contributed by atoms with van der Waals surface area (Å²) in [6, 6.07) is 7.61. The van der Waals surface area contributed by atoms with Gasteiger partial charge in [-0.05, 0) is 52.3 Å². The van der Waals surface area contributed by atoms with Crippen LogP contribution in [0.4, 0.5) is 0 Å². The van der Waals surface area contributed by atoms with Gasteiger partial charge in [-0.2, -0.15) is 0 Å². The molecule has 4 N–H and O–H groups in total. The van der Waals surface area contributed by atoms with Crippen LogP contribution in [-0.4, -0.2) is 86.2 Å². The number of carbonyl (C=O) groups excluding carboxylic acids is 1. The third-order valence-electron chi connectivity index (χ3n) is 6.13. The van der Waals surface area contributed by atoms with Crippen LogP contribution in [0.2, 0.25) is 0 Å². The average molecular weight is 509 g/mol. The van der Waals surface area contributed by atoms with Crippen LogP contribution in [0.25, 0.3) is 0 Å². The summed E-state index contributed by atoms with van der Waals surface area (Å²) >= 11 is 0. The Bertz CT molecular complexity index is 1020. The van der Waals surface area contributed by atoms with E-state index in [1.165, 1.54) is 6.92 Å². The lowest BCUT2D eigenvalue weighted by atomic mass is 9.87. The SMILES string of the molecule is CCOC(=O)[C@]1(O)CO[C@H](C(O)Oc2nn(C(C)C)c(C)c2Cc2ccc(OCC)cc2)[C@@H](O)[C@@H]1O. The van der Waals surface area contributed by atoms with E-state index in [1.54, 1.807) is 4.68 Å². The Morgan fingerprint density at radius 3 is 2.47 bits per heavy atom. The fourth-order valence-corrected chi connectivity index (χ4v) is 4.14. The molecule has 11 nitrogen and oxygen atoms in total. The Balaban J connectivity index is 1.81. The standard InChI is InChI=1S/C25H36N2O9/c1-6-33-17-10-8-16(9-11-17)12-18-15(5)27(14(3)4)26-22(18)36-23(30)20-19(28)21(29)25(32,13-35-20)24(31)34-7-2/h8-11,14,19-21,23,28-30,32H,6-7,12-13H2,1-5H3/t19-,20+,21+,23?,25+/m1/s1. The second-order valence-electron chi connectivity index (χ2n) is 9.03. The Kier molecular flexibility index (Phi) is 8.96. The third-order valence-corrected chi connectivity index (χ3v) is 6.13. The van der Waals surface area contributed by atoms with E-state index < -0.39 is 42.8 Å². The molecule has 200 valence electrons. The van der Waals surface area contributed by atoms with E-state index >= 15 is 0 Å². The molecule has 0 spiro atoms. The highest BCUT2D eigenvalue weighted by Gasteiger charge is 2.56. The molecule has 1 aromatic heterocycles. The van der Waals surface area contributed by atoms with Gasteiger partial charge >= 0.3 is 5.97 Å². The van der Waals surface area contributed by atoms with E-state index in [1.807, 2.05) is 52.0 Å². The number of aromatic nitrogens is 2. The van der Waals surface area contributed by atoms with Crippen molar-refractivity contribution in [1.29, 1.82) is 0 Å². The van der Waals surface area contributed by atoms with Crippen LogP contribution in [-0.2, 0) is 20.7 Å². The van der Waals surface area contributed by atoms with Crippen LogP contribution in [0.15, 0.2) is 24.3 Å². The maximum Gasteiger partial charge on any atom is 0.343 e. The highest BCUT2D eigenvalue weighted by Crippen LogP contribution is 2.31. The molecule has 0 amide bonds. The van der Waals surface area contributed by atoms with Crippen molar-refractivity contribution in [2.24, 2.45) is 0 Å². The Morgan fingerprint density at radius 1 is 1.22 bits per heavy atom. The summed E-state index contributed by atoms with van der Waals surface area (Å²) in [5.41, 5.74) is 0.0528. The summed E-state index contributed by atoms with van der Waals surface area (Å²) in [6.45, 7) is 9.10. The number of ether oxygens (including phenoxy) is 4. The zero-order chi connectivity index (χ0) is 26.6. The largest absolute Gasteiger partial charge is 0.494 e. The first-order chi connectivity index (χ1) is 17.0. The van der Waals surface area contributed by atoms with Gasteiger partial charge in [-0.3, -0.25) is 4.68 Å². The van der Waals surface area contributed by atoms with Gasteiger partial charge in [0, 0.05) is 23.7 Å². The summed E-state index contributed by atoms with van der Waals surface area (Å²) in [5.74, 6) is -0.235. The molecule has 11 heteroatoms. The first kappa shape index (κ1) is 27.9. The van der Waals surface area contributed by atoms with Crippen LogP contribution in [0.1, 0.15) is 50.6 Å². The van der Waals surface area contributed by atoms with Crippen molar-refractivity contribution in [3.05, 3.63) is 41.1 Å². The molecule has 1 fully saturated rings. The summed E-state index contributed by atoms with van der Waals surface area (Å²) in [4.78, 5) is 12.1. The van der Waals surface area contributed by atoms with E-state index in [-0.39, 0.29) is 18.5 Å². The second kappa shape index (κ2) is 11.6. The summed E-state index contributed by atoms with van der Waals surface area (Å²) in [5, 5.41) is 46.7. The number of hydrogen-bond acceptors (Lipinski definition) is 10. The number of esters is 1. The lowest BCUT2D eigenvalue weighted by Crippen LogP contribution is -2.67. The second-order valence-corrected chi connectivity index (χ2v) is 9.03. The van der Waals surface area contributed by atoms with Crippen molar-refractivity contribution < 1.29 is 44.2 Å². The number of nitrogens with zero attached hydrogens (tertiary/aromatic N) is 2. The highest BCUT2D eigenvalue weighted by atomic mass is 16.6. The summed E-state index contributed by atoms with van der Waals surface area (Å²) in [6.07, 6.45) is -6.57. The van der Waals surface area contributed by atoms with Crippen molar-refractivity contribution in [2.45, 2.75) is 77.3 Å². The van der Waals surface area contributed by atoms with Crippen molar-refractivity contribution in [1.82, 2.24) is 9.78 Å². The topological polar surface area (TPSA) is 153 Å². The molecule has 1 saturated heterocycles. The van der Waals surface area contributed by atoms with E-state index in [4.69, 9.17) is 18.9 Å². The number of carbonyl (C=O) groups is 1. The van der Waals surface area contributed by atoms with E-state index in [0.29, 0.717) is 13.0 Å². The van der Waals surface area contributed by atoms with Gasteiger partial charge in [0.15, 0.2) is 0 Å². The summed E-state index contributed by atoms with van der Waals surface area (Å²) < 4.78 is 23.1. The number of aliphatic hydroxyl groups excluding tert-OH is 3. The fraction of sp³-hybridized carbons (Fsp3) is 0.600. The van der Waals surface area contributed by atoms with Gasteiger partial charge in [-0.25, -0.2) is 4.79 Å². The molecule has 0 bridgehead atoms.